The maximum Gasteiger partial charge on any atom is 0.325 e. The third-order valence-electron chi connectivity index (χ3n) is 4.29. The second kappa shape index (κ2) is 7.32. The first-order chi connectivity index (χ1) is 12.8. The summed E-state index contributed by atoms with van der Waals surface area (Å²) in [5.74, 6) is -0.0806. The summed E-state index contributed by atoms with van der Waals surface area (Å²) in [5.41, 5.74) is -0.875. The standard InChI is InChI=1S/C18H18ClN3O5/c1-18(14-4-3-9-27-14)16(24)22(17(25)21-18)8-7-15(23)20-12-10-11(19)5-6-13(12)26-2/h3-6,9-10H,7-8H2,1-2H3,(H,20,23)(H,21,25). The summed E-state index contributed by atoms with van der Waals surface area (Å²) < 4.78 is 10.4. The number of carbonyl (C=O) groups excluding carboxylic acids is 3. The van der Waals surface area contributed by atoms with E-state index in [9.17, 15) is 14.4 Å². The molecule has 2 aromatic rings. The predicted molar refractivity (Wildman–Crippen MR) is 97.6 cm³/mol. The molecule has 0 bridgehead atoms. The lowest BCUT2D eigenvalue weighted by Gasteiger charge is -2.19. The first-order valence-corrected chi connectivity index (χ1v) is 8.54. The monoisotopic (exact) mass is 391 g/mol. The Morgan fingerprint density at radius 3 is 2.81 bits per heavy atom. The molecule has 4 amide bonds. The van der Waals surface area contributed by atoms with Crippen LogP contribution in [-0.4, -0.2) is 36.4 Å². The van der Waals surface area contributed by atoms with Crippen LogP contribution in [0, 0.1) is 0 Å². The molecule has 27 heavy (non-hydrogen) atoms. The lowest BCUT2D eigenvalue weighted by atomic mass is 9.99. The zero-order chi connectivity index (χ0) is 19.6. The quantitative estimate of drug-likeness (QED) is 0.737. The van der Waals surface area contributed by atoms with E-state index in [0.29, 0.717) is 22.2 Å². The first-order valence-electron chi connectivity index (χ1n) is 8.16. The molecule has 1 saturated heterocycles. The molecule has 1 aliphatic heterocycles. The van der Waals surface area contributed by atoms with Gasteiger partial charge in [0.25, 0.3) is 5.91 Å². The van der Waals surface area contributed by atoms with Gasteiger partial charge in [-0.3, -0.25) is 14.5 Å². The average Bonchev–Trinajstić information content (AvgIpc) is 3.23. The Balaban J connectivity index is 1.65. The van der Waals surface area contributed by atoms with Gasteiger partial charge >= 0.3 is 6.03 Å². The number of halogens is 1. The number of amides is 4. The SMILES string of the molecule is COc1ccc(Cl)cc1NC(=O)CCN1C(=O)NC(C)(c2ccco2)C1=O. The molecule has 0 saturated carbocycles. The van der Waals surface area contributed by atoms with Crippen LogP contribution >= 0.6 is 11.6 Å². The molecular formula is C18H18ClN3O5. The normalized spacial score (nSPS) is 19.1. The molecule has 1 aromatic carbocycles. The minimum absolute atomic E-state index is 0.0737. The molecule has 3 rings (SSSR count). The van der Waals surface area contributed by atoms with Crippen LogP contribution in [0.25, 0.3) is 0 Å². The van der Waals surface area contributed by atoms with E-state index in [-0.39, 0.29) is 18.9 Å². The zero-order valence-electron chi connectivity index (χ0n) is 14.7. The van der Waals surface area contributed by atoms with Crippen molar-refractivity contribution in [2.24, 2.45) is 0 Å². The fraction of sp³-hybridized carbons (Fsp3) is 0.278. The Morgan fingerprint density at radius 2 is 2.15 bits per heavy atom. The number of nitrogens with zero attached hydrogens (tertiary/aromatic N) is 1. The fourth-order valence-corrected chi connectivity index (χ4v) is 3.01. The van der Waals surface area contributed by atoms with Crippen LogP contribution in [0.3, 0.4) is 0 Å². The van der Waals surface area contributed by atoms with Crippen molar-refractivity contribution in [3.8, 4) is 5.75 Å². The molecule has 2 heterocycles. The van der Waals surface area contributed by atoms with E-state index in [2.05, 4.69) is 10.6 Å². The van der Waals surface area contributed by atoms with Crippen LogP contribution in [-0.2, 0) is 15.1 Å². The molecule has 0 spiro atoms. The highest BCUT2D eigenvalue weighted by Gasteiger charge is 2.50. The van der Waals surface area contributed by atoms with Crippen molar-refractivity contribution in [1.29, 1.82) is 0 Å². The van der Waals surface area contributed by atoms with Gasteiger partial charge in [-0.2, -0.15) is 0 Å². The number of ether oxygens (including phenoxy) is 1. The molecule has 9 heteroatoms. The number of rotatable bonds is 6. The minimum Gasteiger partial charge on any atom is -0.495 e. The second-order valence-corrected chi connectivity index (χ2v) is 6.57. The Kier molecular flexibility index (Phi) is 5.09. The summed E-state index contributed by atoms with van der Waals surface area (Å²) in [5, 5.41) is 5.71. The van der Waals surface area contributed by atoms with E-state index in [1.807, 2.05) is 0 Å². The summed E-state index contributed by atoms with van der Waals surface area (Å²) in [7, 11) is 1.47. The fourth-order valence-electron chi connectivity index (χ4n) is 2.83. The number of urea groups is 1. The third kappa shape index (κ3) is 3.61. The maximum absolute atomic E-state index is 12.7. The summed E-state index contributed by atoms with van der Waals surface area (Å²) in [6.07, 6.45) is 1.34. The van der Waals surface area contributed by atoms with Gasteiger partial charge in [-0.1, -0.05) is 11.6 Å². The molecular weight excluding hydrogens is 374 g/mol. The largest absolute Gasteiger partial charge is 0.495 e. The highest BCUT2D eigenvalue weighted by molar-refractivity contribution is 6.31. The van der Waals surface area contributed by atoms with Crippen molar-refractivity contribution < 1.29 is 23.5 Å². The molecule has 2 N–H and O–H groups in total. The van der Waals surface area contributed by atoms with Crippen LogP contribution in [0.15, 0.2) is 41.0 Å². The molecule has 142 valence electrons. The summed E-state index contributed by atoms with van der Waals surface area (Å²) in [6, 6.07) is 7.49. The van der Waals surface area contributed by atoms with E-state index in [1.54, 1.807) is 37.3 Å². The van der Waals surface area contributed by atoms with Gasteiger partial charge in [-0.15, -0.1) is 0 Å². The number of anilines is 1. The van der Waals surface area contributed by atoms with Crippen LogP contribution in [0.4, 0.5) is 10.5 Å². The van der Waals surface area contributed by atoms with Gasteiger partial charge in [0.15, 0.2) is 5.54 Å². The van der Waals surface area contributed by atoms with E-state index in [0.717, 1.165) is 4.90 Å². The van der Waals surface area contributed by atoms with Gasteiger partial charge in [0.2, 0.25) is 5.91 Å². The zero-order valence-corrected chi connectivity index (χ0v) is 15.5. The summed E-state index contributed by atoms with van der Waals surface area (Å²) >= 11 is 5.93. The average molecular weight is 392 g/mol. The van der Waals surface area contributed by atoms with Gasteiger partial charge in [0.1, 0.15) is 11.5 Å². The number of hydrogen-bond donors (Lipinski definition) is 2. The van der Waals surface area contributed by atoms with Crippen molar-refractivity contribution in [3.05, 3.63) is 47.4 Å². The smallest absolute Gasteiger partial charge is 0.325 e. The number of hydrogen-bond acceptors (Lipinski definition) is 5. The number of furan rings is 1. The van der Waals surface area contributed by atoms with E-state index in [1.165, 1.54) is 13.4 Å². The van der Waals surface area contributed by atoms with E-state index >= 15 is 0 Å². The minimum atomic E-state index is -1.28. The third-order valence-corrected chi connectivity index (χ3v) is 4.52. The van der Waals surface area contributed by atoms with Gasteiger partial charge in [-0.25, -0.2) is 4.79 Å². The lowest BCUT2D eigenvalue weighted by Crippen LogP contribution is -2.40. The van der Waals surface area contributed by atoms with Crippen molar-refractivity contribution in [1.82, 2.24) is 10.2 Å². The number of benzene rings is 1. The van der Waals surface area contributed by atoms with Crippen molar-refractivity contribution in [3.63, 3.8) is 0 Å². The number of methoxy groups -OCH3 is 1. The van der Waals surface area contributed by atoms with Crippen LogP contribution in [0.2, 0.25) is 5.02 Å². The van der Waals surface area contributed by atoms with Gasteiger partial charge < -0.3 is 19.8 Å². The predicted octanol–water partition coefficient (Wildman–Crippen LogP) is 2.74. The highest BCUT2D eigenvalue weighted by Crippen LogP contribution is 2.30. The second-order valence-electron chi connectivity index (χ2n) is 6.13. The summed E-state index contributed by atoms with van der Waals surface area (Å²) in [4.78, 5) is 38.1. The number of carbonyl (C=O) groups is 3. The Bertz CT molecular complexity index is 883. The van der Waals surface area contributed by atoms with Gasteiger partial charge in [0, 0.05) is 18.0 Å². The maximum atomic E-state index is 12.7. The molecule has 0 aliphatic carbocycles. The van der Waals surface area contributed by atoms with Crippen molar-refractivity contribution >= 4 is 35.1 Å². The van der Waals surface area contributed by atoms with Crippen molar-refractivity contribution in [2.75, 3.05) is 19.0 Å². The molecule has 1 unspecified atom stereocenters. The Labute approximate surface area is 160 Å². The molecule has 1 aliphatic rings. The molecule has 8 nitrogen and oxygen atoms in total. The summed E-state index contributed by atoms with van der Waals surface area (Å²) in [6.45, 7) is 1.48. The molecule has 1 atom stereocenters. The Hall–Kier alpha value is -3.00. The van der Waals surface area contributed by atoms with Crippen LogP contribution < -0.4 is 15.4 Å². The van der Waals surface area contributed by atoms with Gasteiger partial charge in [-0.05, 0) is 37.3 Å². The highest BCUT2D eigenvalue weighted by atomic mass is 35.5. The number of imide groups is 1. The van der Waals surface area contributed by atoms with Crippen LogP contribution in [0.1, 0.15) is 19.1 Å². The number of nitrogens with one attached hydrogen (secondary N) is 2. The lowest BCUT2D eigenvalue weighted by molar-refractivity contribution is -0.131. The molecule has 0 radical (unpaired) electrons. The van der Waals surface area contributed by atoms with Gasteiger partial charge in [0.05, 0.1) is 19.1 Å². The van der Waals surface area contributed by atoms with E-state index in [4.69, 9.17) is 20.8 Å². The molecule has 1 aromatic heterocycles. The van der Waals surface area contributed by atoms with Crippen LogP contribution in [0.5, 0.6) is 5.75 Å². The molecule has 1 fully saturated rings. The van der Waals surface area contributed by atoms with Crippen molar-refractivity contribution in [2.45, 2.75) is 18.9 Å². The Morgan fingerprint density at radius 1 is 1.37 bits per heavy atom. The first kappa shape index (κ1) is 18.8. The van der Waals surface area contributed by atoms with E-state index < -0.39 is 17.5 Å². The topological polar surface area (TPSA) is 101 Å².